The van der Waals surface area contributed by atoms with E-state index in [1.807, 2.05) is 0 Å². The van der Waals surface area contributed by atoms with Crippen molar-refractivity contribution in [1.29, 1.82) is 0 Å². The molecule has 1 aliphatic carbocycles. The first kappa shape index (κ1) is 15.3. The molecule has 1 heterocycles. The molecule has 0 bridgehead atoms. The zero-order valence-electron chi connectivity index (χ0n) is 13.7. The number of nitrogens with zero attached hydrogens (tertiary/aromatic N) is 2. The minimum Gasteiger partial charge on any atom is -0.356 e. The highest BCUT2D eigenvalue weighted by molar-refractivity contribution is 5.52. The molecule has 0 unspecified atom stereocenters. The van der Waals surface area contributed by atoms with Gasteiger partial charge in [-0.05, 0) is 57.2 Å². The highest BCUT2D eigenvalue weighted by atomic mass is 15.2. The quantitative estimate of drug-likeness (QED) is 0.862. The molecule has 0 spiro atoms. The molecule has 1 aromatic heterocycles. The van der Waals surface area contributed by atoms with E-state index in [0.29, 0.717) is 12.0 Å². The summed E-state index contributed by atoms with van der Waals surface area (Å²) in [5.41, 5.74) is 3.84. The van der Waals surface area contributed by atoms with E-state index in [0.717, 1.165) is 18.8 Å². The smallest absolute Gasteiger partial charge is 0.133 e. The van der Waals surface area contributed by atoms with Crippen LogP contribution in [0.15, 0.2) is 6.07 Å². The average molecular weight is 275 g/mol. The Balaban J connectivity index is 2.18. The van der Waals surface area contributed by atoms with Crippen LogP contribution >= 0.6 is 0 Å². The van der Waals surface area contributed by atoms with Gasteiger partial charge in [-0.2, -0.15) is 0 Å². The predicted molar refractivity (Wildman–Crippen MR) is 86.3 cm³/mol. The highest BCUT2D eigenvalue weighted by Gasteiger charge is 2.25. The summed E-state index contributed by atoms with van der Waals surface area (Å²) >= 11 is 0. The summed E-state index contributed by atoms with van der Waals surface area (Å²) in [5.74, 6) is 1.87. The Hall–Kier alpha value is -1.09. The standard InChI is InChI=1S/C17H29N3/c1-12(2)10-18-11-16-13(3)9-14(4)19-17(16)20(5)15-7-6-8-15/h9,12,15,18H,6-8,10-11H2,1-5H3. The van der Waals surface area contributed by atoms with Crippen molar-refractivity contribution in [2.45, 2.75) is 59.5 Å². The lowest BCUT2D eigenvalue weighted by molar-refractivity contribution is 0.398. The third kappa shape index (κ3) is 3.51. The third-order valence-electron chi connectivity index (χ3n) is 4.26. The van der Waals surface area contributed by atoms with Crippen molar-refractivity contribution >= 4 is 5.82 Å². The van der Waals surface area contributed by atoms with Crippen LogP contribution in [0.1, 0.15) is 49.9 Å². The molecule has 0 saturated heterocycles. The lowest BCUT2D eigenvalue weighted by atomic mass is 9.91. The molecule has 1 aromatic rings. The van der Waals surface area contributed by atoms with Crippen LogP contribution in [0.5, 0.6) is 0 Å². The van der Waals surface area contributed by atoms with Crippen molar-refractivity contribution in [3.05, 3.63) is 22.9 Å². The molecule has 0 amide bonds. The minimum atomic E-state index is 0.682. The van der Waals surface area contributed by atoms with E-state index in [4.69, 9.17) is 4.98 Å². The van der Waals surface area contributed by atoms with Crippen LogP contribution in [0.3, 0.4) is 0 Å². The topological polar surface area (TPSA) is 28.2 Å². The van der Waals surface area contributed by atoms with Gasteiger partial charge in [0.2, 0.25) is 0 Å². The molecule has 2 rings (SSSR count). The van der Waals surface area contributed by atoms with Crippen LogP contribution < -0.4 is 10.2 Å². The van der Waals surface area contributed by atoms with E-state index in [-0.39, 0.29) is 0 Å². The normalized spacial score (nSPS) is 15.5. The van der Waals surface area contributed by atoms with Crippen molar-refractivity contribution in [3.63, 3.8) is 0 Å². The molecule has 1 N–H and O–H groups in total. The van der Waals surface area contributed by atoms with Gasteiger partial charge >= 0.3 is 0 Å². The molecule has 20 heavy (non-hydrogen) atoms. The van der Waals surface area contributed by atoms with Gasteiger partial charge in [0.15, 0.2) is 0 Å². The fraction of sp³-hybridized carbons (Fsp3) is 0.706. The van der Waals surface area contributed by atoms with Gasteiger partial charge in [0.05, 0.1) is 0 Å². The zero-order chi connectivity index (χ0) is 14.7. The van der Waals surface area contributed by atoms with Crippen molar-refractivity contribution in [2.75, 3.05) is 18.5 Å². The summed E-state index contributed by atoms with van der Waals surface area (Å²) in [7, 11) is 2.21. The van der Waals surface area contributed by atoms with Gasteiger partial charge in [-0.25, -0.2) is 4.98 Å². The summed E-state index contributed by atoms with van der Waals surface area (Å²) in [4.78, 5) is 7.22. The number of hydrogen-bond acceptors (Lipinski definition) is 3. The molecular weight excluding hydrogens is 246 g/mol. The molecule has 3 heteroatoms. The van der Waals surface area contributed by atoms with Gasteiger partial charge in [-0.1, -0.05) is 13.8 Å². The lowest BCUT2D eigenvalue weighted by Crippen LogP contribution is -2.38. The molecule has 0 aliphatic heterocycles. The van der Waals surface area contributed by atoms with Gasteiger partial charge in [0.1, 0.15) is 5.82 Å². The molecule has 1 aliphatic rings. The van der Waals surface area contributed by atoms with Crippen LogP contribution in [0.25, 0.3) is 0 Å². The Kier molecular flexibility index (Phi) is 5.03. The SMILES string of the molecule is Cc1cc(C)c(CNCC(C)C)c(N(C)C2CCC2)n1. The van der Waals surface area contributed by atoms with Crippen molar-refractivity contribution < 1.29 is 0 Å². The Morgan fingerprint density at radius 2 is 2.05 bits per heavy atom. The maximum atomic E-state index is 4.82. The number of nitrogens with one attached hydrogen (secondary N) is 1. The monoisotopic (exact) mass is 275 g/mol. The molecule has 1 fully saturated rings. The average Bonchev–Trinajstić information content (AvgIpc) is 2.28. The lowest BCUT2D eigenvalue weighted by Gasteiger charge is -2.37. The highest BCUT2D eigenvalue weighted by Crippen LogP contribution is 2.30. The molecule has 0 aromatic carbocycles. The Bertz CT molecular complexity index is 450. The van der Waals surface area contributed by atoms with E-state index in [1.54, 1.807) is 0 Å². The first-order valence-electron chi connectivity index (χ1n) is 7.89. The first-order valence-corrected chi connectivity index (χ1v) is 7.89. The molecule has 1 saturated carbocycles. The largest absolute Gasteiger partial charge is 0.356 e. The summed E-state index contributed by atoms with van der Waals surface area (Å²) < 4.78 is 0. The Labute approximate surface area is 123 Å². The first-order chi connectivity index (χ1) is 9.49. The van der Waals surface area contributed by atoms with Gasteiger partial charge < -0.3 is 10.2 Å². The van der Waals surface area contributed by atoms with E-state index in [1.165, 1.54) is 36.2 Å². The van der Waals surface area contributed by atoms with E-state index >= 15 is 0 Å². The van der Waals surface area contributed by atoms with Gasteiger partial charge in [0, 0.05) is 30.9 Å². The van der Waals surface area contributed by atoms with Crippen LogP contribution in [-0.4, -0.2) is 24.6 Å². The summed E-state index contributed by atoms with van der Waals surface area (Å²) in [6.07, 6.45) is 3.98. The molecule has 0 atom stereocenters. The van der Waals surface area contributed by atoms with Gasteiger partial charge in [0.25, 0.3) is 0 Å². The molecule has 0 radical (unpaired) electrons. The van der Waals surface area contributed by atoms with Crippen LogP contribution in [0.4, 0.5) is 5.82 Å². The second kappa shape index (κ2) is 6.57. The maximum absolute atomic E-state index is 4.82. The van der Waals surface area contributed by atoms with Gasteiger partial charge in [-0.15, -0.1) is 0 Å². The predicted octanol–water partition coefficient (Wildman–Crippen LogP) is 3.43. The fourth-order valence-corrected chi connectivity index (χ4v) is 2.79. The number of anilines is 1. The van der Waals surface area contributed by atoms with E-state index < -0.39 is 0 Å². The van der Waals surface area contributed by atoms with Crippen molar-refractivity contribution in [3.8, 4) is 0 Å². The van der Waals surface area contributed by atoms with Crippen LogP contribution in [0, 0.1) is 19.8 Å². The number of rotatable bonds is 6. The number of aromatic nitrogens is 1. The second-order valence-corrected chi connectivity index (χ2v) is 6.60. The second-order valence-electron chi connectivity index (χ2n) is 6.60. The molecule has 112 valence electrons. The van der Waals surface area contributed by atoms with Crippen molar-refractivity contribution in [2.24, 2.45) is 5.92 Å². The summed E-state index contributed by atoms with van der Waals surface area (Å²) in [6.45, 7) is 10.8. The Morgan fingerprint density at radius 1 is 1.35 bits per heavy atom. The Morgan fingerprint density at radius 3 is 2.60 bits per heavy atom. The summed E-state index contributed by atoms with van der Waals surface area (Å²) in [6, 6.07) is 2.89. The molecule has 3 nitrogen and oxygen atoms in total. The van der Waals surface area contributed by atoms with Crippen LogP contribution in [-0.2, 0) is 6.54 Å². The van der Waals surface area contributed by atoms with Crippen molar-refractivity contribution in [1.82, 2.24) is 10.3 Å². The minimum absolute atomic E-state index is 0.682. The number of aryl methyl sites for hydroxylation is 2. The fourth-order valence-electron chi connectivity index (χ4n) is 2.79. The third-order valence-corrected chi connectivity index (χ3v) is 4.26. The van der Waals surface area contributed by atoms with Crippen LogP contribution in [0.2, 0.25) is 0 Å². The van der Waals surface area contributed by atoms with Gasteiger partial charge in [-0.3, -0.25) is 0 Å². The molecular formula is C17H29N3. The summed E-state index contributed by atoms with van der Waals surface area (Å²) in [5, 5.41) is 3.56. The maximum Gasteiger partial charge on any atom is 0.133 e. The number of pyridine rings is 1. The zero-order valence-corrected chi connectivity index (χ0v) is 13.7. The number of hydrogen-bond donors (Lipinski definition) is 1. The van der Waals surface area contributed by atoms with E-state index in [2.05, 4.69) is 51.0 Å². The van der Waals surface area contributed by atoms with E-state index in [9.17, 15) is 0 Å².